The normalized spacial score (nSPS) is 10.3. The van der Waals surface area contributed by atoms with Gasteiger partial charge in [0.1, 0.15) is 17.3 Å². The zero-order valence-corrected chi connectivity index (χ0v) is 13.1. The first-order chi connectivity index (χ1) is 9.51. The van der Waals surface area contributed by atoms with Gasteiger partial charge in [0.05, 0.1) is 9.40 Å². The van der Waals surface area contributed by atoms with E-state index in [-0.39, 0.29) is 16.0 Å². The Balaban J connectivity index is 2.29. The fourth-order valence-electron chi connectivity index (χ4n) is 1.59. The lowest BCUT2D eigenvalue weighted by Crippen LogP contribution is -1.94. The van der Waals surface area contributed by atoms with Crippen molar-refractivity contribution in [3.63, 3.8) is 0 Å². The summed E-state index contributed by atoms with van der Waals surface area (Å²) in [6.07, 6.45) is 0. The van der Waals surface area contributed by atoms with Crippen LogP contribution in [0.25, 0.3) is 0 Å². The van der Waals surface area contributed by atoms with Crippen molar-refractivity contribution >= 4 is 37.5 Å². The molecule has 7 heteroatoms. The quantitative estimate of drug-likeness (QED) is 0.400. The van der Waals surface area contributed by atoms with Gasteiger partial charge < -0.3 is 4.74 Å². The molecule has 0 atom stereocenters. The Morgan fingerprint density at radius 3 is 2.45 bits per heavy atom. The third-order valence-corrected chi connectivity index (χ3v) is 3.73. The maximum Gasteiger partial charge on any atom is 0.273 e. The van der Waals surface area contributed by atoms with Crippen LogP contribution in [0.1, 0.15) is 5.56 Å². The summed E-state index contributed by atoms with van der Waals surface area (Å²) in [6.45, 7) is 0. The van der Waals surface area contributed by atoms with E-state index in [2.05, 4.69) is 31.9 Å². The number of hydrogen-bond donors (Lipinski definition) is 0. The van der Waals surface area contributed by atoms with Crippen LogP contribution in [0, 0.1) is 15.9 Å². The van der Waals surface area contributed by atoms with Crippen molar-refractivity contribution in [1.82, 2.24) is 0 Å². The molecular formula is C13H8Br2FNO3. The molecule has 2 aromatic rings. The van der Waals surface area contributed by atoms with Gasteiger partial charge in [-0.2, -0.15) is 0 Å². The van der Waals surface area contributed by atoms with Crippen molar-refractivity contribution in [2.45, 2.75) is 5.33 Å². The van der Waals surface area contributed by atoms with Crippen LogP contribution in [0.5, 0.6) is 11.5 Å². The van der Waals surface area contributed by atoms with Gasteiger partial charge in [0.25, 0.3) is 5.69 Å². The summed E-state index contributed by atoms with van der Waals surface area (Å²) in [5.74, 6) is 0.499. The molecule has 0 unspecified atom stereocenters. The van der Waals surface area contributed by atoms with Crippen LogP contribution < -0.4 is 4.74 Å². The van der Waals surface area contributed by atoms with Crippen LogP contribution in [-0.4, -0.2) is 4.92 Å². The first kappa shape index (κ1) is 14.9. The Morgan fingerprint density at radius 2 is 1.85 bits per heavy atom. The van der Waals surface area contributed by atoms with Crippen molar-refractivity contribution in [1.29, 1.82) is 0 Å². The molecule has 0 amide bonds. The Labute approximate surface area is 131 Å². The van der Waals surface area contributed by atoms with E-state index in [1.165, 1.54) is 30.3 Å². The van der Waals surface area contributed by atoms with Crippen molar-refractivity contribution in [2.24, 2.45) is 0 Å². The molecule has 0 saturated heterocycles. The molecule has 2 aromatic carbocycles. The minimum Gasteiger partial charge on any atom is -0.457 e. The zero-order chi connectivity index (χ0) is 14.7. The van der Waals surface area contributed by atoms with Gasteiger partial charge in [-0.25, -0.2) is 4.39 Å². The number of halogens is 3. The summed E-state index contributed by atoms with van der Waals surface area (Å²) in [7, 11) is 0. The average Bonchev–Trinajstić information content (AvgIpc) is 2.42. The fourth-order valence-corrected chi connectivity index (χ4v) is 2.39. The SMILES string of the molecule is O=[N+]([O-])c1ccc(Oc2ccc(F)c(Br)c2)cc1CBr. The minimum absolute atomic E-state index is 0.0227. The fraction of sp³-hybridized carbons (Fsp3) is 0.0769. The molecule has 0 aliphatic rings. The van der Waals surface area contributed by atoms with E-state index in [4.69, 9.17) is 4.74 Å². The number of nitro benzene ring substituents is 1. The lowest BCUT2D eigenvalue weighted by Gasteiger charge is -2.08. The molecule has 0 aliphatic heterocycles. The van der Waals surface area contributed by atoms with Crippen molar-refractivity contribution in [3.8, 4) is 11.5 Å². The minimum atomic E-state index is -0.450. The van der Waals surface area contributed by atoms with Crippen LogP contribution in [0.4, 0.5) is 10.1 Å². The number of rotatable bonds is 4. The summed E-state index contributed by atoms with van der Waals surface area (Å²) in [6, 6.07) is 8.70. The van der Waals surface area contributed by atoms with Crippen LogP contribution in [-0.2, 0) is 5.33 Å². The Hall–Kier alpha value is -1.47. The van der Waals surface area contributed by atoms with Gasteiger partial charge in [-0.05, 0) is 46.3 Å². The Bertz CT molecular complexity index is 664. The van der Waals surface area contributed by atoms with Gasteiger partial charge in [-0.3, -0.25) is 10.1 Å². The molecule has 0 N–H and O–H groups in total. The second-order valence-electron chi connectivity index (χ2n) is 3.86. The number of benzene rings is 2. The molecule has 20 heavy (non-hydrogen) atoms. The predicted molar refractivity (Wildman–Crippen MR) is 79.9 cm³/mol. The van der Waals surface area contributed by atoms with Crippen LogP contribution in [0.2, 0.25) is 0 Å². The van der Waals surface area contributed by atoms with Crippen molar-refractivity contribution < 1.29 is 14.1 Å². The number of alkyl halides is 1. The third kappa shape index (κ3) is 3.34. The monoisotopic (exact) mass is 403 g/mol. The first-order valence-corrected chi connectivity index (χ1v) is 7.39. The molecule has 0 aromatic heterocycles. The van der Waals surface area contributed by atoms with E-state index in [1.807, 2.05) is 0 Å². The number of nitrogens with zero attached hydrogens (tertiary/aromatic N) is 1. The van der Waals surface area contributed by atoms with Crippen LogP contribution >= 0.6 is 31.9 Å². The second kappa shape index (κ2) is 6.32. The molecule has 0 heterocycles. The Morgan fingerprint density at radius 1 is 1.20 bits per heavy atom. The second-order valence-corrected chi connectivity index (χ2v) is 5.27. The van der Waals surface area contributed by atoms with Crippen molar-refractivity contribution in [2.75, 3.05) is 0 Å². The number of hydrogen-bond acceptors (Lipinski definition) is 3. The topological polar surface area (TPSA) is 52.4 Å². The predicted octanol–water partition coefficient (Wildman–Crippen LogP) is 5.18. The molecule has 0 fully saturated rings. The van der Waals surface area contributed by atoms with Crippen LogP contribution in [0.15, 0.2) is 40.9 Å². The Kier molecular flexibility index (Phi) is 4.72. The van der Waals surface area contributed by atoms with E-state index >= 15 is 0 Å². The smallest absolute Gasteiger partial charge is 0.273 e. The third-order valence-electron chi connectivity index (χ3n) is 2.52. The highest BCUT2D eigenvalue weighted by molar-refractivity contribution is 9.10. The van der Waals surface area contributed by atoms with E-state index in [9.17, 15) is 14.5 Å². The molecule has 0 radical (unpaired) electrons. The highest BCUT2D eigenvalue weighted by Crippen LogP contribution is 2.30. The van der Waals surface area contributed by atoms with Crippen molar-refractivity contribution in [3.05, 3.63) is 62.4 Å². The molecule has 0 spiro atoms. The van der Waals surface area contributed by atoms with Gasteiger partial charge in [-0.1, -0.05) is 15.9 Å². The van der Waals surface area contributed by atoms with E-state index in [0.29, 0.717) is 22.4 Å². The van der Waals surface area contributed by atoms with Gasteiger partial charge in [0.15, 0.2) is 0 Å². The summed E-state index contributed by atoms with van der Waals surface area (Å²) in [5, 5.41) is 11.2. The summed E-state index contributed by atoms with van der Waals surface area (Å²) < 4.78 is 19.0. The summed E-state index contributed by atoms with van der Waals surface area (Å²) in [4.78, 5) is 10.4. The maximum absolute atomic E-state index is 13.1. The largest absolute Gasteiger partial charge is 0.457 e. The van der Waals surface area contributed by atoms with Crippen LogP contribution in [0.3, 0.4) is 0 Å². The molecule has 4 nitrogen and oxygen atoms in total. The summed E-state index contributed by atoms with van der Waals surface area (Å²) >= 11 is 6.27. The molecule has 2 rings (SSSR count). The molecular weight excluding hydrogens is 397 g/mol. The lowest BCUT2D eigenvalue weighted by atomic mass is 10.2. The number of ether oxygens (including phenoxy) is 1. The van der Waals surface area contributed by atoms with E-state index in [1.54, 1.807) is 6.07 Å². The molecule has 0 bridgehead atoms. The molecule has 0 saturated carbocycles. The molecule has 0 aliphatic carbocycles. The summed E-state index contributed by atoms with van der Waals surface area (Å²) in [5.41, 5.74) is 0.531. The van der Waals surface area contributed by atoms with E-state index in [0.717, 1.165) is 0 Å². The zero-order valence-electron chi connectivity index (χ0n) is 9.98. The van der Waals surface area contributed by atoms with Gasteiger partial charge in [0.2, 0.25) is 0 Å². The first-order valence-electron chi connectivity index (χ1n) is 5.47. The highest BCUT2D eigenvalue weighted by Gasteiger charge is 2.14. The number of nitro groups is 1. The van der Waals surface area contributed by atoms with Gasteiger partial charge in [-0.15, -0.1) is 0 Å². The van der Waals surface area contributed by atoms with E-state index < -0.39 is 4.92 Å². The maximum atomic E-state index is 13.1. The van der Waals surface area contributed by atoms with Gasteiger partial charge in [0, 0.05) is 17.0 Å². The standard InChI is InChI=1S/C13H8Br2FNO3/c14-7-8-5-9(2-4-13(8)17(18)19)20-10-1-3-12(16)11(15)6-10/h1-6H,7H2. The average molecular weight is 405 g/mol. The van der Waals surface area contributed by atoms with Gasteiger partial charge >= 0.3 is 0 Å². The highest BCUT2D eigenvalue weighted by atomic mass is 79.9. The lowest BCUT2D eigenvalue weighted by molar-refractivity contribution is -0.385. The molecule has 104 valence electrons.